The fraction of sp³-hybridized carbons (Fsp3) is 0.167. The number of halogens is 3. The summed E-state index contributed by atoms with van der Waals surface area (Å²) in [4.78, 5) is 16.7. The van der Waals surface area contributed by atoms with E-state index in [-0.39, 0.29) is 11.6 Å². The Balaban J connectivity index is 2.11. The molecule has 0 aliphatic carbocycles. The highest BCUT2D eigenvalue weighted by Gasteiger charge is 2.30. The van der Waals surface area contributed by atoms with Crippen molar-refractivity contribution in [3.05, 3.63) is 102 Å². The van der Waals surface area contributed by atoms with E-state index in [2.05, 4.69) is 22.2 Å². The summed E-state index contributed by atoms with van der Waals surface area (Å²) < 4.78 is 38.7. The average molecular weight is 427 g/mol. The van der Waals surface area contributed by atoms with Crippen molar-refractivity contribution in [2.75, 3.05) is 5.32 Å². The number of nitrogens with one attached hydrogen (secondary N) is 2. The van der Waals surface area contributed by atoms with Crippen LogP contribution in [0.4, 0.5) is 18.9 Å². The van der Waals surface area contributed by atoms with Crippen LogP contribution in [0.3, 0.4) is 0 Å². The number of hydrogen-bond acceptors (Lipinski definition) is 3. The minimum absolute atomic E-state index is 0.0653. The number of alkyl halides is 3. The summed E-state index contributed by atoms with van der Waals surface area (Å²) in [6.07, 6.45) is 4.13. The Labute approximate surface area is 179 Å². The zero-order valence-electron chi connectivity index (χ0n) is 17.3. The third kappa shape index (κ3) is 7.29. The van der Waals surface area contributed by atoms with Crippen LogP contribution < -0.4 is 10.6 Å². The maximum absolute atomic E-state index is 12.9. The van der Waals surface area contributed by atoms with E-state index in [9.17, 15) is 18.0 Å². The van der Waals surface area contributed by atoms with Gasteiger partial charge in [0, 0.05) is 17.5 Å². The normalized spacial score (nSPS) is 13.4. The Hall–Kier alpha value is -3.61. The molecular formula is C24H24F3N3O. The van der Waals surface area contributed by atoms with Gasteiger partial charge in [-0.05, 0) is 61.9 Å². The number of nitrogens with zero attached hydrogens (tertiary/aromatic N) is 1. The van der Waals surface area contributed by atoms with Gasteiger partial charge in [0.15, 0.2) is 0 Å². The van der Waals surface area contributed by atoms with Crippen LogP contribution >= 0.6 is 0 Å². The molecule has 0 fully saturated rings. The van der Waals surface area contributed by atoms with Crippen molar-refractivity contribution < 1.29 is 18.0 Å². The first-order valence-electron chi connectivity index (χ1n) is 9.57. The topological polar surface area (TPSA) is 53.5 Å². The first kappa shape index (κ1) is 23.7. The van der Waals surface area contributed by atoms with Crippen molar-refractivity contribution in [2.45, 2.75) is 26.1 Å². The van der Waals surface area contributed by atoms with Gasteiger partial charge >= 0.3 is 6.18 Å². The zero-order valence-corrected chi connectivity index (χ0v) is 17.3. The first-order chi connectivity index (χ1) is 14.7. The summed E-state index contributed by atoms with van der Waals surface area (Å²) >= 11 is 0. The van der Waals surface area contributed by atoms with Gasteiger partial charge in [0.25, 0.3) is 5.91 Å². The number of rotatable bonds is 8. The van der Waals surface area contributed by atoms with Crippen LogP contribution in [0.15, 0.2) is 90.2 Å². The molecule has 0 bridgehead atoms. The van der Waals surface area contributed by atoms with Crippen LogP contribution in [0.1, 0.15) is 41.4 Å². The van der Waals surface area contributed by atoms with E-state index in [1.165, 1.54) is 12.1 Å². The highest BCUT2D eigenvalue weighted by molar-refractivity contribution is 6.04. The van der Waals surface area contributed by atoms with E-state index in [1.807, 2.05) is 26.0 Å². The highest BCUT2D eigenvalue weighted by Crippen LogP contribution is 2.29. The van der Waals surface area contributed by atoms with E-state index in [4.69, 9.17) is 0 Å². The van der Waals surface area contributed by atoms with Crippen LogP contribution in [-0.2, 0) is 6.18 Å². The molecule has 2 N–H and O–H groups in total. The lowest BCUT2D eigenvalue weighted by atomic mass is 10.1. The Kier molecular flexibility index (Phi) is 8.37. The molecule has 31 heavy (non-hydrogen) atoms. The van der Waals surface area contributed by atoms with Gasteiger partial charge in [-0.1, -0.05) is 36.9 Å². The van der Waals surface area contributed by atoms with Gasteiger partial charge < -0.3 is 10.6 Å². The van der Waals surface area contributed by atoms with Crippen LogP contribution in [0.25, 0.3) is 0 Å². The molecule has 0 saturated carbocycles. The lowest BCUT2D eigenvalue weighted by Gasteiger charge is -2.17. The average Bonchev–Trinajstić information content (AvgIpc) is 2.75. The lowest BCUT2D eigenvalue weighted by molar-refractivity contribution is -0.137. The number of anilines is 1. The third-order valence-corrected chi connectivity index (χ3v) is 4.28. The van der Waals surface area contributed by atoms with Gasteiger partial charge in [0.05, 0.1) is 11.6 Å². The predicted octanol–water partition coefficient (Wildman–Crippen LogP) is 6.28. The quantitative estimate of drug-likeness (QED) is 0.385. The molecule has 7 heteroatoms. The zero-order chi connectivity index (χ0) is 22.9. The van der Waals surface area contributed by atoms with Gasteiger partial charge in [0.1, 0.15) is 5.82 Å². The molecule has 0 unspecified atom stereocenters. The smallest absolute Gasteiger partial charge is 0.364 e. The number of allylic oxidation sites excluding steroid dienone is 4. The Bertz CT molecular complexity index is 1010. The predicted molar refractivity (Wildman–Crippen MR) is 119 cm³/mol. The lowest BCUT2D eigenvalue weighted by Crippen LogP contribution is -2.18. The van der Waals surface area contributed by atoms with Crippen molar-refractivity contribution >= 4 is 17.8 Å². The van der Waals surface area contributed by atoms with E-state index in [0.717, 1.165) is 17.7 Å². The summed E-state index contributed by atoms with van der Waals surface area (Å²) in [5, 5.41) is 5.91. The second-order valence-electron chi connectivity index (χ2n) is 6.60. The van der Waals surface area contributed by atoms with Crippen molar-refractivity contribution in [3.63, 3.8) is 0 Å². The Morgan fingerprint density at radius 2 is 1.87 bits per heavy atom. The number of amides is 1. The highest BCUT2D eigenvalue weighted by atomic mass is 19.4. The van der Waals surface area contributed by atoms with Gasteiger partial charge in [-0.25, -0.2) is 4.99 Å². The van der Waals surface area contributed by atoms with Crippen molar-refractivity contribution in [3.8, 4) is 0 Å². The molecule has 1 amide bonds. The minimum Gasteiger partial charge on any atom is -0.364 e. The van der Waals surface area contributed by atoms with Crippen LogP contribution in [0.2, 0.25) is 0 Å². The summed E-state index contributed by atoms with van der Waals surface area (Å²) in [6.45, 7) is 7.38. The molecule has 0 heterocycles. The SMILES string of the molecule is C=C/C=C/C=N\C(=C/C)N[C@@H](C)c1cccc(NC(=O)c2cccc(C(F)(F)F)c2)c1. The number of benzene rings is 2. The fourth-order valence-corrected chi connectivity index (χ4v) is 2.68. The molecule has 162 valence electrons. The molecule has 2 aromatic rings. The molecular weight excluding hydrogens is 403 g/mol. The number of carbonyl (C=O) groups is 1. The van der Waals surface area contributed by atoms with Gasteiger partial charge in [-0.15, -0.1) is 0 Å². The van der Waals surface area contributed by atoms with Gasteiger partial charge in [-0.3, -0.25) is 4.79 Å². The summed E-state index contributed by atoms with van der Waals surface area (Å²) in [5.74, 6) is 0.0521. The summed E-state index contributed by atoms with van der Waals surface area (Å²) in [6, 6.07) is 11.3. The summed E-state index contributed by atoms with van der Waals surface area (Å²) in [7, 11) is 0. The minimum atomic E-state index is -4.51. The third-order valence-electron chi connectivity index (χ3n) is 4.28. The Morgan fingerprint density at radius 3 is 2.55 bits per heavy atom. The molecule has 0 spiro atoms. The molecule has 2 aromatic carbocycles. The number of carbonyl (C=O) groups excluding carboxylic acids is 1. The molecule has 1 atom stereocenters. The molecule has 0 aromatic heterocycles. The number of aliphatic imine (C=N–C) groups is 1. The summed E-state index contributed by atoms with van der Waals surface area (Å²) in [5.41, 5.74) is 0.421. The van der Waals surface area contributed by atoms with Crippen LogP contribution in [0, 0.1) is 0 Å². The van der Waals surface area contributed by atoms with Crippen LogP contribution in [-0.4, -0.2) is 12.1 Å². The van der Waals surface area contributed by atoms with E-state index in [0.29, 0.717) is 11.5 Å². The van der Waals surface area contributed by atoms with E-state index < -0.39 is 17.6 Å². The van der Waals surface area contributed by atoms with Gasteiger partial charge in [-0.2, -0.15) is 13.2 Å². The monoisotopic (exact) mass is 427 g/mol. The maximum atomic E-state index is 12.9. The molecule has 0 saturated heterocycles. The van der Waals surface area contributed by atoms with E-state index in [1.54, 1.807) is 42.6 Å². The molecule has 0 aliphatic rings. The molecule has 0 radical (unpaired) electrons. The first-order valence-corrected chi connectivity index (χ1v) is 9.57. The largest absolute Gasteiger partial charge is 0.416 e. The van der Waals surface area contributed by atoms with Crippen molar-refractivity contribution in [2.24, 2.45) is 4.99 Å². The van der Waals surface area contributed by atoms with Crippen molar-refractivity contribution in [1.29, 1.82) is 0 Å². The number of hydrogen-bond donors (Lipinski definition) is 2. The molecule has 0 aliphatic heterocycles. The maximum Gasteiger partial charge on any atom is 0.416 e. The van der Waals surface area contributed by atoms with Crippen LogP contribution in [0.5, 0.6) is 0 Å². The Morgan fingerprint density at radius 1 is 1.13 bits per heavy atom. The fourth-order valence-electron chi connectivity index (χ4n) is 2.68. The second kappa shape index (κ2) is 11.0. The second-order valence-corrected chi connectivity index (χ2v) is 6.60. The molecule has 4 nitrogen and oxygen atoms in total. The van der Waals surface area contributed by atoms with Crippen molar-refractivity contribution in [1.82, 2.24) is 5.32 Å². The van der Waals surface area contributed by atoms with E-state index >= 15 is 0 Å². The van der Waals surface area contributed by atoms with Gasteiger partial charge in [0.2, 0.25) is 0 Å². The molecule has 2 rings (SSSR count). The standard InChI is InChI=1S/C24H24F3N3O/c1-4-6-7-14-28-22(5-2)29-17(3)18-10-9-13-21(16-18)30-23(31)19-11-8-12-20(15-19)24(25,26)27/h4-17,29H,1H2,2-3H3,(H,30,31)/b7-6+,22-5+,28-14-/t17-/m0/s1.